The highest BCUT2D eigenvalue weighted by atomic mass is 16.3. The Hall–Kier alpha value is -3.05. The number of fused-ring (bicyclic) bond motifs is 5. The lowest BCUT2D eigenvalue weighted by Crippen LogP contribution is -2.21. The number of rotatable bonds is 4. The van der Waals surface area contributed by atoms with Gasteiger partial charge in [-0.15, -0.1) is 0 Å². The third-order valence-electron chi connectivity index (χ3n) is 4.66. The zero-order valence-electron chi connectivity index (χ0n) is 14.8. The Labute approximate surface area is 150 Å². The number of nitrogens with one attached hydrogen (secondary N) is 2. The van der Waals surface area contributed by atoms with E-state index in [2.05, 4.69) is 15.2 Å². The first-order chi connectivity index (χ1) is 12.5. The van der Waals surface area contributed by atoms with Crippen LogP contribution in [0.15, 0.2) is 53.3 Å². The minimum atomic E-state index is 0.00638. The van der Waals surface area contributed by atoms with Crippen LogP contribution in [0.3, 0.4) is 0 Å². The van der Waals surface area contributed by atoms with Crippen LogP contribution in [0.1, 0.15) is 0 Å². The van der Waals surface area contributed by atoms with Gasteiger partial charge < -0.3 is 20.3 Å². The molecular weight excluding hydrogens is 326 g/mol. The molecule has 0 saturated carbocycles. The van der Waals surface area contributed by atoms with E-state index in [0.29, 0.717) is 0 Å². The fourth-order valence-electron chi connectivity index (χ4n) is 3.38. The van der Waals surface area contributed by atoms with Crippen LogP contribution < -0.4 is 10.7 Å². The number of aromatic amines is 1. The van der Waals surface area contributed by atoms with Gasteiger partial charge in [0, 0.05) is 29.2 Å². The highest BCUT2D eigenvalue weighted by molar-refractivity contribution is 6.17. The van der Waals surface area contributed by atoms with Crippen molar-refractivity contribution in [2.75, 3.05) is 32.5 Å². The maximum atomic E-state index is 11.7. The third-order valence-corrected chi connectivity index (χ3v) is 4.66. The molecule has 0 radical (unpaired) electrons. The number of phenolic OH excluding ortho intramolecular Hbond substituents is 1. The molecule has 0 saturated heterocycles. The van der Waals surface area contributed by atoms with Crippen LogP contribution >= 0.6 is 0 Å². The van der Waals surface area contributed by atoms with Crippen molar-refractivity contribution >= 4 is 38.3 Å². The molecule has 0 fully saturated rings. The zero-order chi connectivity index (χ0) is 18.3. The molecule has 3 aromatic carbocycles. The number of likely N-dealkylation sites (N-methyl/N-ethyl adjacent to an activating group) is 1. The summed E-state index contributed by atoms with van der Waals surface area (Å²) in [4.78, 5) is 17.3. The number of benzene rings is 3. The third kappa shape index (κ3) is 2.86. The molecule has 4 aromatic rings. The van der Waals surface area contributed by atoms with E-state index in [9.17, 15) is 9.90 Å². The number of aromatic hydroxyl groups is 1. The van der Waals surface area contributed by atoms with E-state index in [1.54, 1.807) is 24.3 Å². The van der Waals surface area contributed by atoms with Crippen LogP contribution in [0.25, 0.3) is 32.4 Å². The van der Waals surface area contributed by atoms with E-state index in [4.69, 9.17) is 0 Å². The summed E-state index contributed by atoms with van der Waals surface area (Å²) in [6.45, 7) is 1.66. The maximum Gasteiger partial charge on any atom is 0.179 e. The van der Waals surface area contributed by atoms with E-state index in [1.807, 2.05) is 38.4 Å². The molecule has 0 aliphatic heterocycles. The lowest BCUT2D eigenvalue weighted by Gasteiger charge is -2.16. The summed E-state index contributed by atoms with van der Waals surface area (Å²) in [5, 5.41) is 18.4. The van der Waals surface area contributed by atoms with Crippen LogP contribution in [0, 0.1) is 0 Å². The Kier molecular flexibility index (Phi) is 4.01. The number of hydrogen-bond donors (Lipinski definition) is 3. The molecule has 26 heavy (non-hydrogen) atoms. The monoisotopic (exact) mass is 347 g/mol. The lowest BCUT2D eigenvalue weighted by molar-refractivity contribution is 0.425. The fourth-order valence-corrected chi connectivity index (χ4v) is 3.38. The van der Waals surface area contributed by atoms with E-state index < -0.39 is 0 Å². The second-order valence-corrected chi connectivity index (χ2v) is 6.83. The molecule has 4 rings (SSSR count). The van der Waals surface area contributed by atoms with E-state index >= 15 is 0 Å². The molecule has 0 aliphatic rings. The number of nitrogens with zero attached hydrogens (tertiary/aromatic N) is 1. The number of pyridine rings is 1. The van der Waals surface area contributed by atoms with Gasteiger partial charge in [0.25, 0.3) is 0 Å². The number of H-pyrrole nitrogens is 1. The van der Waals surface area contributed by atoms with E-state index in [1.165, 1.54) is 0 Å². The van der Waals surface area contributed by atoms with Crippen LogP contribution in [-0.4, -0.2) is 42.2 Å². The second-order valence-electron chi connectivity index (χ2n) is 6.83. The maximum absolute atomic E-state index is 11.7. The average Bonchev–Trinajstić information content (AvgIpc) is 2.60. The Morgan fingerprint density at radius 2 is 1.73 bits per heavy atom. The number of aromatic nitrogens is 1. The molecule has 5 nitrogen and oxygen atoms in total. The van der Waals surface area contributed by atoms with Crippen molar-refractivity contribution in [3.8, 4) is 5.75 Å². The quantitative estimate of drug-likeness (QED) is 0.494. The SMILES string of the molecule is CN(C)CCNc1[nH]c2c3ccc(=O)cc3ccc2c2ccc(O)cc12. The molecule has 1 heterocycles. The van der Waals surface area contributed by atoms with Gasteiger partial charge in [-0.1, -0.05) is 12.1 Å². The number of anilines is 1. The smallest absolute Gasteiger partial charge is 0.179 e. The standard InChI is InChI=1S/C21H21N3O2/c1-24(2)10-9-22-21-19-12-15(26)5-8-17(19)18-6-3-13-11-14(25)4-7-16(13)20(18)23-21/h3-8,11-12,22-23,26H,9-10H2,1-2H3. The normalized spacial score (nSPS) is 11.7. The molecule has 5 heteroatoms. The molecule has 0 amide bonds. The van der Waals surface area contributed by atoms with Crippen molar-refractivity contribution in [1.82, 2.24) is 9.88 Å². The summed E-state index contributed by atoms with van der Waals surface area (Å²) in [6.07, 6.45) is 0. The van der Waals surface area contributed by atoms with Gasteiger partial charge in [0.05, 0.1) is 5.52 Å². The predicted octanol–water partition coefficient (Wildman–Crippen LogP) is 3.51. The average molecular weight is 347 g/mol. The van der Waals surface area contributed by atoms with Gasteiger partial charge in [0.15, 0.2) is 5.43 Å². The fraction of sp³-hybridized carbons (Fsp3) is 0.190. The first kappa shape index (κ1) is 16.4. The molecule has 1 aromatic heterocycles. The van der Waals surface area contributed by atoms with Crippen molar-refractivity contribution in [3.63, 3.8) is 0 Å². The zero-order valence-corrected chi connectivity index (χ0v) is 14.8. The molecular formula is C21H21N3O2. The molecule has 0 unspecified atom stereocenters. The van der Waals surface area contributed by atoms with Gasteiger partial charge in [0.1, 0.15) is 11.6 Å². The molecule has 132 valence electrons. The lowest BCUT2D eigenvalue weighted by atomic mass is 10.0. The highest BCUT2D eigenvalue weighted by Gasteiger charge is 2.10. The highest BCUT2D eigenvalue weighted by Crippen LogP contribution is 2.34. The summed E-state index contributed by atoms with van der Waals surface area (Å²) < 4.78 is 0. The van der Waals surface area contributed by atoms with E-state index in [-0.39, 0.29) is 11.2 Å². The van der Waals surface area contributed by atoms with Crippen LogP contribution in [0.5, 0.6) is 5.75 Å². The topological polar surface area (TPSA) is 68.4 Å². The van der Waals surface area contributed by atoms with Gasteiger partial charge in [0.2, 0.25) is 0 Å². The first-order valence-corrected chi connectivity index (χ1v) is 8.63. The van der Waals surface area contributed by atoms with Gasteiger partial charge in [-0.05, 0) is 61.3 Å². The number of phenols is 1. The largest absolute Gasteiger partial charge is 0.508 e. The summed E-state index contributed by atoms with van der Waals surface area (Å²) in [5.74, 6) is 1.10. The summed E-state index contributed by atoms with van der Waals surface area (Å²) in [5.41, 5.74) is 0.986. The van der Waals surface area contributed by atoms with Crippen molar-refractivity contribution in [2.24, 2.45) is 0 Å². The minimum absolute atomic E-state index is 0.00638. The van der Waals surface area contributed by atoms with Crippen molar-refractivity contribution < 1.29 is 5.11 Å². The number of hydrogen-bond acceptors (Lipinski definition) is 4. The summed E-state index contributed by atoms with van der Waals surface area (Å²) >= 11 is 0. The van der Waals surface area contributed by atoms with Crippen LogP contribution in [-0.2, 0) is 0 Å². The predicted molar refractivity (Wildman–Crippen MR) is 108 cm³/mol. The van der Waals surface area contributed by atoms with Gasteiger partial charge in [-0.3, -0.25) is 4.79 Å². The Bertz CT molecular complexity index is 1180. The minimum Gasteiger partial charge on any atom is -0.508 e. The Morgan fingerprint density at radius 3 is 2.54 bits per heavy atom. The molecule has 0 atom stereocenters. The Morgan fingerprint density at radius 1 is 0.962 bits per heavy atom. The van der Waals surface area contributed by atoms with Gasteiger partial charge in [-0.25, -0.2) is 0 Å². The van der Waals surface area contributed by atoms with Crippen molar-refractivity contribution in [1.29, 1.82) is 0 Å². The molecule has 0 spiro atoms. The van der Waals surface area contributed by atoms with Crippen molar-refractivity contribution in [2.45, 2.75) is 0 Å². The molecule has 0 aliphatic carbocycles. The van der Waals surface area contributed by atoms with Gasteiger partial charge in [-0.2, -0.15) is 0 Å². The summed E-state index contributed by atoms with van der Waals surface area (Å²) in [7, 11) is 4.06. The molecule has 0 bridgehead atoms. The van der Waals surface area contributed by atoms with E-state index in [0.717, 1.165) is 51.4 Å². The van der Waals surface area contributed by atoms with Crippen LogP contribution in [0.4, 0.5) is 5.82 Å². The second kappa shape index (κ2) is 6.35. The molecule has 3 N–H and O–H groups in total. The van der Waals surface area contributed by atoms with Crippen molar-refractivity contribution in [3.05, 3.63) is 58.8 Å². The van der Waals surface area contributed by atoms with Gasteiger partial charge >= 0.3 is 0 Å². The summed E-state index contributed by atoms with van der Waals surface area (Å²) in [6, 6.07) is 14.5. The first-order valence-electron chi connectivity index (χ1n) is 8.63. The Balaban J connectivity index is 2.00. The van der Waals surface area contributed by atoms with Crippen LogP contribution in [0.2, 0.25) is 0 Å².